The summed E-state index contributed by atoms with van der Waals surface area (Å²) in [4.78, 5) is 47.4. The predicted molar refractivity (Wildman–Crippen MR) is 146 cm³/mol. The van der Waals surface area contributed by atoms with Crippen LogP contribution >= 0.6 is 0 Å². The number of hydrogen-bond donors (Lipinski definition) is 4. The van der Waals surface area contributed by atoms with Crippen LogP contribution in [0.15, 0.2) is 41.3 Å². The number of fused-ring (bicyclic) bond motifs is 1. The number of aliphatic hydroxyl groups is 1. The Kier molecular flexibility index (Phi) is 7.47. The summed E-state index contributed by atoms with van der Waals surface area (Å²) >= 11 is 0. The van der Waals surface area contributed by atoms with Gasteiger partial charge in [0.15, 0.2) is 0 Å². The first-order valence-electron chi connectivity index (χ1n) is 13.5. The number of amides is 3. The summed E-state index contributed by atoms with van der Waals surface area (Å²) in [5, 5.41) is 12.0. The molecule has 3 heterocycles. The van der Waals surface area contributed by atoms with E-state index in [-0.39, 0.29) is 17.3 Å². The van der Waals surface area contributed by atoms with Gasteiger partial charge in [0, 0.05) is 51.0 Å². The van der Waals surface area contributed by atoms with Crippen LogP contribution in [0.2, 0.25) is 0 Å². The second-order valence-corrected chi connectivity index (χ2v) is 11.4. The van der Waals surface area contributed by atoms with Crippen LogP contribution in [-0.2, 0) is 11.2 Å². The third kappa shape index (κ3) is 5.98. The smallest absolute Gasteiger partial charge is 0.354 e. The number of nitrogens with zero attached hydrogens (tertiary/aromatic N) is 5. The first-order chi connectivity index (χ1) is 18.6. The van der Waals surface area contributed by atoms with Gasteiger partial charge in [-0.1, -0.05) is 12.1 Å². The second kappa shape index (κ2) is 10.7. The average molecular weight is 539 g/mol. The van der Waals surface area contributed by atoms with Gasteiger partial charge < -0.3 is 31.3 Å². The van der Waals surface area contributed by atoms with Gasteiger partial charge in [0.1, 0.15) is 11.4 Å². The van der Waals surface area contributed by atoms with Gasteiger partial charge in [-0.05, 0) is 62.4 Å². The number of piperidine rings is 1. The first kappa shape index (κ1) is 27.3. The molecule has 3 unspecified atom stereocenters. The topological polar surface area (TPSA) is 163 Å². The van der Waals surface area contributed by atoms with Crippen LogP contribution in [0.4, 0.5) is 10.6 Å². The molecule has 12 heteroatoms. The van der Waals surface area contributed by atoms with E-state index in [0.717, 1.165) is 32.5 Å². The van der Waals surface area contributed by atoms with E-state index < -0.39 is 23.9 Å². The minimum atomic E-state index is -1.35. The summed E-state index contributed by atoms with van der Waals surface area (Å²) in [5.41, 5.74) is 12.3. The monoisotopic (exact) mass is 538 g/mol. The number of likely N-dealkylation sites (tertiary alicyclic amines) is 1. The van der Waals surface area contributed by atoms with E-state index in [1.807, 2.05) is 24.3 Å². The number of carbonyl (C=O) groups is 2. The number of nitrogens with one attached hydrogen (secondary N) is 1. The number of hydrogen-bond acceptors (Lipinski definition) is 8. The van der Waals surface area contributed by atoms with E-state index in [9.17, 15) is 19.5 Å². The minimum Gasteiger partial charge on any atom is -0.394 e. The summed E-state index contributed by atoms with van der Waals surface area (Å²) in [6.07, 6.45) is 4.87. The maximum Gasteiger partial charge on any atom is 0.354 e. The number of anilines is 1. The summed E-state index contributed by atoms with van der Waals surface area (Å²) in [6, 6.07) is 9.03. The highest BCUT2D eigenvalue weighted by Gasteiger charge is 2.53. The molecule has 0 bridgehead atoms. The van der Waals surface area contributed by atoms with Crippen molar-refractivity contribution < 1.29 is 14.7 Å². The van der Waals surface area contributed by atoms with Gasteiger partial charge >= 0.3 is 11.7 Å². The maximum absolute atomic E-state index is 12.7. The molecule has 2 aromatic rings. The Morgan fingerprint density at radius 1 is 1.13 bits per heavy atom. The lowest BCUT2D eigenvalue weighted by Crippen LogP contribution is -2.60. The third-order valence-corrected chi connectivity index (χ3v) is 8.23. The SMILES string of the molecule is CC(N)(CO)C(=O)N1CCN(C(=O)Nc2ccn(-c3ccc(CCN4CCC5CC5(N)C4)cc3)c(=O)n2)CC1. The fraction of sp³-hybridized carbons (Fsp3) is 0.556. The van der Waals surface area contributed by atoms with Gasteiger partial charge in [-0.2, -0.15) is 4.98 Å². The van der Waals surface area contributed by atoms with Crippen molar-refractivity contribution in [1.82, 2.24) is 24.3 Å². The number of rotatable bonds is 7. The molecule has 3 aliphatic rings. The Bertz CT molecular complexity index is 1270. The van der Waals surface area contributed by atoms with E-state index >= 15 is 0 Å². The van der Waals surface area contributed by atoms with Gasteiger partial charge in [0.05, 0.1) is 12.3 Å². The molecule has 12 nitrogen and oxygen atoms in total. The number of benzene rings is 1. The normalized spacial score (nSPS) is 24.6. The predicted octanol–water partition coefficient (Wildman–Crippen LogP) is -0.416. The highest BCUT2D eigenvalue weighted by atomic mass is 16.3. The summed E-state index contributed by atoms with van der Waals surface area (Å²) in [5.74, 6) is 0.517. The zero-order valence-corrected chi connectivity index (χ0v) is 22.4. The Hall–Kier alpha value is -3.32. The summed E-state index contributed by atoms with van der Waals surface area (Å²) in [6.45, 7) is 5.29. The van der Waals surface area contributed by atoms with Crippen LogP contribution in [0.5, 0.6) is 0 Å². The highest BCUT2D eigenvalue weighted by molar-refractivity contribution is 5.89. The Labute approximate surface area is 227 Å². The van der Waals surface area contributed by atoms with E-state index in [0.29, 0.717) is 37.8 Å². The van der Waals surface area contributed by atoms with Crippen LogP contribution in [0, 0.1) is 5.92 Å². The molecular weight excluding hydrogens is 500 g/mol. The minimum absolute atomic E-state index is 0.0469. The van der Waals surface area contributed by atoms with Crippen LogP contribution < -0.4 is 22.5 Å². The molecule has 210 valence electrons. The molecule has 3 fully saturated rings. The number of aromatic nitrogens is 2. The molecule has 0 radical (unpaired) electrons. The van der Waals surface area contributed by atoms with Gasteiger partial charge in [-0.15, -0.1) is 0 Å². The van der Waals surface area contributed by atoms with Crippen molar-refractivity contribution in [2.24, 2.45) is 17.4 Å². The molecule has 1 aromatic carbocycles. The molecule has 3 amide bonds. The standard InChI is InChI=1S/C27H38N8O4/c1-26(28,18-36)23(37)33-12-14-34(15-13-33)24(38)30-22-8-11-35(25(39)31-22)21-4-2-19(3-5-21)6-9-32-10-7-20-16-27(20,29)17-32/h2-5,8,11,20,36H,6-7,9-10,12-18,28-29H2,1H3,(H,30,31,38,39). The molecule has 2 aliphatic heterocycles. The van der Waals surface area contributed by atoms with Crippen molar-refractivity contribution in [3.05, 3.63) is 52.6 Å². The quantitative estimate of drug-likeness (QED) is 0.369. The number of urea groups is 1. The summed E-state index contributed by atoms with van der Waals surface area (Å²) in [7, 11) is 0. The van der Waals surface area contributed by atoms with Gasteiger partial charge in [-0.25, -0.2) is 9.59 Å². The number of piperazine rings is 1. The number of carbonyl (C=O) groups excluding carboxylic acids is 2. The van der Waals surface area contributed by atoms with Crippen LogP contribution in [-0.4, -0.2) is 105 Å². The first-order valence-corrected chi connectivity index (χ1v) is 13.5. The molecule has 5 rings (SSSR count). The molecule has 3 atom stereocenters. The molecule has 2 saturated heterocycles. The van der Waals surface area contributed by atoms with Gasteiger partial charge in [0.25, 0.3) is 0 Å². The van der Waals surface area contributed by atoms with Crippen molar-refractivity contribution in [2.75, 3.05) is 57.7 Å². The molecule has 1 aliphatic carbocycles. The molecule has 0 spiro atoms. The van der Waals surface area contributed by atoms with Crippen LogP contribution in [0.3, 0.4) is 0 Å². The number of nitrogens with two attached hydrogens (primary N) is 2. The maximum atomic E-state index is 12.7. The third-order valence-electron chi connectivity index (χ3n) is 8.23. The van der Waals surface area contributed by atoms with Crippen molar-refractivity contribution in [3.63, 3.8) is 0 Å². The Morgan fingerprint density at radius 3 is 2.46 bits per heavy atom. The van der Waals surface area contributed by atoms with Crippen molar-refractivity contribution in [1.29, 1.82) is 0 Å². The van der Waals surface area contributed by atoms with Gasteiger partial charge in [-0.3, -0.25) is 14.7 Å². The molecule has 6 N–H and O–H groups in total. The van der Waals surface area contributed by atoms with E-state index in [1.165, 1.54) is 28.4 Å². The lowest BCUT2D eigenvalue weighted by Gasteiger charge is -2.37. The van der Waals surface area contributed by atoms with Gasteiger partial charge in [0.2, 0.25) is 5.91 Å². The van der Waals surface area contributed by atoms with Crippen molar-refractivity contribution in [2.45, 2.75) is 37.3 Å². The van der Waals surface area contributed by atoms with E-state index in [4.69, 9.17) is 11.5 Å². The average Bonchev–Trinajstić information content (AvgIpc) is 3.62. The fourth-order valence-electron chi connectivity index (χ4n) is 5.52. The van der Waals surface area contributed by atoms with E-state index in [2.05, 4.69) is 15.2 Å². The lowest BCUT2D eigenvalue weighted by atomic mass is 10.0. The van der Waals surface area contributed by atoms with Crippen molar-refractivity contribution >= 4 is 17.8 Å². The number of aliphatic hydroxyl groups excluding tert-OH is 1. The highest BCUT2D eigenvalue weighted by Crippen LogP contribution is 2.46. The van der Waals surface area contributed by atoms with E-state index in [1.54, 1.807) is 17.2 Å². The second-order valence-electron chi connectivity index (χ2n) is 11.4. The zero-order chi connectivity index (χ0) is 27.8. The fourth-order valence-corrected chi connectivity index (χ4v) is 5.52. The molecule has 1 aromatic heterocycles. The van der Waals surface area contributed by atoms with Crippen LogP contribution in [0.1, 0.15) is 25.3 Å². The zero-order valence-electron chi connectivity index (χ0n) is 22.4. The Morgan fingerprint density at radius 2 is 1.82 bits per heavy atom. The Balaban J connectivity index is 1.12. The lowest BCUT2D eigenvalue weighted by molar-refractivity contribution is -0.139. The molecule has 1 saturated carbocycles. The molecule has 39 heavy (non-hydrogen) atoms. The largest absolute Gasteiger partial charge is 0.394 e. The summed E-state index contributed by atoms with van der Waals surface area (Å²) < 4.78 is 1.44. The van der Waals surface area contributed by atoms with Crippen LogP contribution in [0.25, 0.3) is 5.69 Å². The molecular formula is C27H38N8O4. The van der Waals surface area contributed by atoms with Crippen molar-refractivity contribution in [3.8, 4) is 5.69 Å².